The van der Waals surface area contributed by atoms with Gasteiger partial charge in [-0.1, -0.05) is 18.2 Å². The van der Waals surface area contributed by atoms with E-state index in [1.165, 1.54) is 6.07 Å². The van der Waals surface area contributed by atoms with Crippen molar-refractivity contribution < 1.29 is 13.9 Å². The number of ether oxygens (including phenoxy) is 2. The van der Waals surface area contributed by atoms with E-state index in [2.05, 4.69) is 0 Å². The van der Waals surface area contributed by atoms with Crippen LogP contribution in [-0.4, -0.2) is 25.4 Å². The van der Waals surface area contributed by atoms with Gasteiger partial charge in [0.1, 0.15) is 11.9 Å². The minimum absolute atomic E-state index is 0.113. The van der Waals surface area contributed by atoms with Gasteiger partial charge in [-0.05, 0) is 32.3 Å². The van der Waals surface area contributed by atoms with E-state index < -0.39 is 6.10 Å². The van der Waals surface area contributed by atoms with Crippen molar-refractivity contribution in [3.8, 4) is 0 Å². The SMILES string of the molecule is CC(N)C(OCC1CCCCO1)c1ccccc1F. The van der Waals surface area contributed by atoms with Gasteiger partial charge in [0.05, 0.1) is 12.7 Å². The van der Waals surface area contributed by atoms with Crippen molar-refractivity contribution in [3.05, 3.63) is 35.6 Å². The third kappa shape index (κ3) is 4.00. The summed E-state index contributed by atoms with van der Waals surface area (Å²) in [6.07, 6.45) is 2.97. The molecule has 1 aromatic carbocycles. The van der Waals surface area contributed by atoms with E-state index in [-0.39, 0.29) is 18.0 Å². The third-order valence-electron chi connectivity index (χ3n) is 3.42. The molecule has 0 aromatic heterocycles. The molecule has 0 saturated carbocycles. The van der Waals surface area contributed by atoms with E-state index >= 15 is 0 Å². The summed E-state index contributed by atoms with van der Waals surface area (Å²) >= 11 is 0. The number of benzene rings is 1. The van der Waals surface area contributed by atoms with Gasteiger partial charge in [-0.25, -0.2) is 4.39 Å². The Hall–Kier alpha value is -0.970. The summed E-state index contributed by atoms with van der Waals surface area (Å²) in [6, 6.07) is 6.37. The molecule has 1 aliphatic rings. The Bertz CT molecular complexity index is 391. The molecule has 2 rings (SSSR count). The molecule has 1 fully saturated rings. The van der Waals surface area contributed by atoms with Crippen LogP contribution in [-0.2, 0) is 9.47 Å². The Kier molecular flexibility index (Phi) is 5.31. The Balaban J connectivity index is 1.98. The van der Waals surface area contributed by atoms with E-state index in [0.29, 0.717) is 12.2 Å². The molecule has 3 nitrogen and oxygen atoms in total. The third-order valence-corrected chi connectivity index (χ3v) is 3.42. The van der Waals surface area contributed by atoms with Crippen molar-refractivity contribution >= 4 is 0 Å². The van der Waals surface area contributed by atoms with Crippen LogP contribution in [0.25, 0.3) is 0 Å². The maximum absolute atomic E-state index is 13.8. The molecule has 0 amide bonds. The fraction of sp³-hybridized carbons (Fsp3) is 0.600. The van der Waals surface area contributed by atoms with E-state index in [4.69, 9.17) is 15.2 Å². The molecule has 3 atom stereocenters. The molecule has 0 radical (unpaired) electrons. The lowest BCUT2D eigenvalue weighted by atomic mass is 10.0. The van der Waals surface area contributed by atoms with Crippen LogP contribution < -0.4 is 5.73 Å². The molecule has 3 unspecified atom stereocenters. The fourth-order valence-electron chi connectivity index (χ4n) is 2.38. The van der Waals surface area contributed by atoms with Crippen LogP contribution >= 0.6 is 0 Å². The van der Waals surface area contributed by atoms with Crippen LogP contribution in [0, 0.1) is 5.82 Å². The van der Waals surface area contributed by atoms with Crippen LogP contribution in [0.1, 0.15) is 37.9 Å². The molecular formula is C15H22FNO2. The lowest BCUT2D eigenvalue weighted by Crippen LogP contribution is -2.32. The van der Waals surface area contributed by atoms with Gasteiger partial charge in [-0.3, -0.25) is 0 Å². The second-order valence-corrected chi connectivity index (χ2v) is 5.12. The monoisotopic (exact) mass is 267 g/mol. The molecule has 1 saturated heterocycles. The summed E-state index contributed by atoms with van der Waals surface area (Å²) < 4.78 is 25.2. The second-order valence-electron chi connectivity index (χ2n) is 5.12. The number of rotatable bonds is 5. The Labute approximate surface area is 113 Å². The van der Waals surface area contributed by atoms with Gasteiger partial charge < -0.3 is 15.2 Å². The summed E-state index contributed by atoms with van der Waals surface area (Å²) in [5.74, 6) is -0.269. The van der Waals surface area contributed by atoms with Crippen molar-refractivity contribution in [1.82, 2.24) is 0 Å². The first kappa shape index (κ1) is 14.4. The molecule has 0 spiro atoms. The fourth-order valence-corrected chi connectivity index (χ4v) is 2.38. The summed E-state index contributed by atoms with van der Waals surface area (Å²) in [6.45, 7) is 3.09. The molecule has 1 aliphatic heterocycles. The van der Waals surface area contributed by atoms with Crippen LogP contribution in [0.5, 0.6) is 0 Å². The summed E-state index contributed by atoms with van der Waals surface area (Å²) in [5, 5.41) is 0. The molecular weight excluding hydrogens is 245 g/mol. The normalized spacial score (nSPS) is 23.0. The van der Waals surface area contributed by atoms with Crippen molar-refractivity contribution in [1.29, 1.82) is 0 Å². The molecule has 106 valence electrons. The minimum atomic E-state index is -0.424. The van der Waals surface area contributed by atoms with Crippen molar-refractivity contribution in [2.24, 2.45) is 5.73 Å². The highest BCUT2D eigenvalue weighted by Crippen LogP contribution is 2.24. The first-order valence-corrected chi connectivity index (χ1v) is 6.91. The molecule has 1 heterocycles. The number of nitrogens with two attached hydrogens (primary N) is 1. The maximum Gasteiger partial charge on any atom is 0.129 e. The highest BCUT2D eigenvalue weighted by molar-refractivity contribution is 5.21. The first-order valence-electron chi connectivity index (χ1n) is 6.91. The number of halogens is 1. The summed E-state index contributed by atoms with van der Waals surface area (Å²) in [4.78, 5) is 0. The van der Waals surface area contributed by atoms with Crippen LogP contribution in [0.15, 0.2) is 24.3 Å². The highest BCUT2D eigenvalue weighted by Gasteiger charge is 2.23. The zero-order valence-electron chi connectivity index (χ0n) is 11.3. The van der Waals surface area contributed by atoms with Crippen molar-refractivity contribution in [3.63, 3.8) is 0 Å². The van der Waals surface area contributed by atoms with E-state index in [9.17, 15) is 4.39 Å². The average Bonchev–Trinajstić information content (AvgIpc) is 2.42. The van der Waals surface area contributed by atoms with Gasteiger partial charge >= 0.3 is 0 Å². The lowest BCUT2D eigenvalue weighted by Gasteiger charge is -2.27. The summed E-state index contributed by atoms with van der Waals surface area (Å²) in [5.41, 5.74) is 6.44. The largest absolute Gasteiger partial charge is 0.376 e. The quantitative estimate of drug-likeness (QED) is 0.892. The summed E-state index contributed by atoms with van der Waals surface area (Å²) in [7, 11) is 0. The van der Waals surface area contributed by atoms with E-state index in [1.807, 2.05) is 6.92 Å². The molecule has 19 heavy (non-hydrogen) atoms. The zero-order chi connectivity index (χ0) is 13.7. The molecule has 1 aromatic rings. The van der Waals surface area contributed by atoms with Gasteiger partial charge in [0.25, 0.3) is 0 Å². The van der Waals surface area contributed by atoms with Crippen LogP contribution in [0.3, 0.4) is 0 Å². The first-order chi connectivity index (χ1) is 9.18. The zero-order valence-corrected chi connectivity index (χ0v) is 11.3. The van der Waals surface area contributed by atoms with Gasteiger partial charge in [0.2, 0.25) is 0 Å². The van der Waals surface area contributed by atoms with Crippen molar-refractivity contribution in [2.45, 2.75) is 44.4 Å². The number of hydrogen-bond acceptors (Lipinski definition) is 3. The number of hydrogen-bond donors (Lipinski definition) is 1. The van der Waals surface area contributed by atoms with Gasteiger partial charge in [-0.2, -0.15) is 0 Å². The second kappa shape index (κ2) is 6.98. The molecule has 0 aliphatic carbocycles. The van der Waals surface area contributed by atoms with E-state index in [1.54, 1.807) is 18.2 Å². The molecule has 2 N–H and O–H groups in total. The minimum Gasteiger partial charge on any atom is -0.376 e. The van der Waals surface area contributed by atoms with Gasteiger partial charge in [-0.15, -0.1) is 0 Å². The van der Waals surface area contributed by atoms with Gasteiger partial charge in [0.15, 0.2) is 0 Å². The maximum atomic E-state index is 13.8. The standard InChI is InChI=1S/C15H22FNO2/c1-11(17)15(13-7-2-3-8-14(13)16)19-10-12-6-4-5-9-18-12/h2-3,7-8,11-12,15H,4-6,9-10,17H2,1H3. The highest BCUT2D eigenvalue weighted by atomic mass is 19.1. The predicted molar refractivity (Wildman–Crippen MR) is 72.3 cm³/mol. The lowest BCUT2D eigenvalue weighted by molar-refractivity contribution is -0.0687. The Morgan fingerprint density at radius 3 is 2.84 bits per heavy atom. The topological polar surface area (TPSA) is 44.5 Å². The Morgan fingerprint density at radius 1 is 1.42 bits per heavy atom. The average molecular weight is 267 g/mol. The van der Waals surface area contributed by atoms with E-state index in [0.717, 1.165) is 25.9 Å². The van der Waals surface area contributed by atoms with Gasteiger partial charge in [0, 0.05) is 18.2 Å². The van der Waals surface area contributed by atoms with Crippen LogP contribution in [0.4, 0.5) is 4.39 Å². The van der Waals surface area contributed by atoms with Crippen LogP contribution in [0.2, 0.25) is 0 Å². The molecule has 0 bridgehead atoms. The van der Waals surface area contributed by atoms with Crippen molar-refractivity contribution in [2.75, 3.05) is 13.2 Å². The predicted octanol–water partition coefficient (Wildman–Crippen LogP) is 2.80. The molecule has 4 heteroatoms. The Morgan fingerprint density at radius 2 is 2.21 bits per heavy atom. The smallest absolute Gasteiger partial charge is 0.129 e.